The molecule has 0 atom stereocenters. The highest BCUT2D eigenvalue weighted by Gasteiger charge is 2.23. The van der Waals surface area contributed by atoms with Crippen molar-refractivity contribution in [1.29, 1.82) is 0 Å². The van der Waals surface area contributed by atoms with Gasteiger partial charge in [0.15, 0.2) is 0 Å². The van der Waals surface area contributed by atoms with Gasteiger partial charge < -0.3 is 10.7 Å². The van der Waals surface area contributed by atoms with Gasteiger partial charge in [-0.1, -0.05) is 18.2 Å². The Balaban J connectivity index is 2.54. The quantitative estimate of drug-likeness (QED) is 0.506. The highest BCUT2D eigenvalue weighted by atomic mass is 32.2. The first-order valence-corrected chi connectivity index (χ1v) is 7.70. The molecule has 2 aromatic carbocycles. The third-order valence-corrected chi connectivity index (χ3v) is 4.91. The Morgan fingerprint density at radius 2 is 1.57 bits per heavy atom. The summed E-state index contributed by atoms with van der Waals surface area (Å²) in [7, 11) is -0.556. The Hall–Kier alpha value is -2.25. The molecule has 0 aromatic heterocycles. The summed E-state index contributed by atoms with van der Waals surface area (Å²) in [5.74, 6) is 5.76. The lowest BCUT2D eigenvalue weighted by Gasteiger charge is -2.25. The normalized spacial score (nSPS) is 11.2. The largest absolute Gasteiger partial charge is 0.399 e. The van der Waals surface area contributed by atoms with Gasteiger partial charge in [-0.15, -0.1) is 0 Å². The number of nitrogen functional groups attached to an aromatic ring is 1. The minimum Gasteiger partial charge on any atom is -0.399 e. The van der Waals surface area contributed by atoms with Crippen LogP contribution in [0.25, 0.3) is 0 Å². The Kier molecular flexibility index (Phi) is 4.06. The molecular formula is C14H18N4O2S. The van der Waals surface area contributed by atoms with E-state index in [0.29, 0.717) is 17.1 Å². The maximum absolute atomic E-state index is 12.6. The van der Waals surface area contributed by atoms with Crippen LogP contribution in [0.5, 0.6) is 0 Å². The van der Waals surface area contributed by atoms with Gasteiger partial charge in [-0.05, 0) is 30.3 Å². The van der Waals surface area contributed by atoms with Gasteiger partial charge in [0.2, 0.25) is 0 Å². The predicted molar refractivity (Wildman–Crippen MR) is 85.5 cm³/mol. The van der Waals surface area contributed by atoms with Gasteiger partial charge in [-0.2, -0.15) is 0 Å². The lowest BCUT2D eigenvalue weighted by molar-refractivity contribution is 0.594. The number of benzene rings is 2. The van der Waals surface area contributed by atoms with Gasteiger partial charge in [-0.25, -0.2) is 14.3 Å². The molecule has 6 nitrogen and oxygen atoms in total. The molecule has 0 saturated heterocycles. The Morgan fingerprint density at radius 1 is 0.952 bits per heavy atom. The second kappa shape index (κ2) is 5.63. The van der Waals surface area contributed by atoms with Gasteiger partial charge >= 0.3 is 0 Å². The van der Waals surface area contributed by atoms with E-state index < -0.39 is 10.0 Å². The van der Waals surface area contributed by atoms with Crippen LogP contribution in [0, 0.1) is 0 Å². The average Bonchev–Trinajstić information content (AvgIpc) is 2.46. The molecule has 2 rings (SSSR count). The number of hydrogen-bond acceptors (Lipinski definition) is 5. The first kappa shape index (κ1) is 15.1. The standard InChI is InChI=1S/C14H18N4O2S/c1-17(16)13-9-8-11(15)10-14(13)18(2)21(19,20)12-6-4-3-5-7-12/h3-10H,15-16H2,1-2H3. The molecule has 0 unspecified atom stereocenters. The van der Waals surface area contributed by atoms with Crippen LogP contribution >= 0.6 is 0 Å². The van der Waals surface area contributed by atoms with E-state index in [-0.39, 0.29) is 4.90 Å². The van der Waals surface area contributed by atoms with Crippen LogP contribution in [0.2, 0.25) is 0 Å². The van der Waals surface area contributed by atoms with Crippen molar-refractivity contribution >= 4 is 27.1 Å². The zero-order chi connectivity index (χ0) is 15.6. The van der Waals surface area contributed by atoms with Crippen molar-refractivity contribution in [1.82, 2.24) is 0 Å². The van der Waals surface area contributed by atoms with E-state index in [1.54, 1.807) is 55.6 Å². The molecule has 0 amide bonds. The number of nitrogens with two attached hydrogens (primary N) is 2. The van der Waals surface area contributed by atoms with Crippen LogP contribution in [0.15, 0.2) is 53.4 Å². The van der Waals surface area contributed by atoms with Crippen LogP contribution < -0.4 is 20.9 Å². The summed E-state index contributed by atoms with van der Waals surface area (Å²) in [5, 5.41) is 1.35. The maximum Gasteiger partial charge on any atom is 0.264 e. The summed E-state index contributed by atoms with van der Waals surface area (Å²) < 4.78 is 26.5. The topological polar surface area (TPSA) is 92.7 Å². The van der Waals surface area contributed by atoms with Crippen LogP contribution in [0.4, 0.5) is 17.1 Å². The maximum atomic E-state index is 12.6. The zero-order valence-electron chi connectivity index (χ0n) is 11.9. The zero-order valence-corrected chi connectivity index (χ0v) is 12.7. The first-order chi connectivity index (χ1) is 9.84. The van der Waals surface area contributed by atoms with Gasteiger partial charge in [0.05, 0.1) is 16.3 Å². The number of nitrogens with zero attached hydrogens (tertiary/aromatic N) is 2. The molecule has 7 heteroatoms. The van der Waals surface area contributed by atoms with E-state index in [9.17, 15) is 8.42 Å². The molecule has 0 fully saturated rings. The lowest BCUT2D eigenvalue weighted by atomic mass is 10.2. The van der Waals surface area contributed by atoms with E-state index in [4.69, 9.17) is 11.6 Å². The lowest BCUT2D eigenvalue weighted by Crippen LogP contribution is -2.31. The van der Waals surface area contributed by atoms with Crippen LogP contribution in [0.3, 0.4) is 0 Å². The fourth-order valence-corrected chi connectivity index (χ4v) is 3.19. The average molecular weight is 306 g/mol. The monoisotopic (exact) mass is 306 g/mol. The van der Waals surface area contributed by atoms with Gasteiger partial charge in [0.25, 0.3) is 10.0 Å². The third-order valence-electron chi connectivity index (χ3n) is 3.12. The second-order valence-corrected chi connectivity index (χ2v) is 6.61. The molecule has 112 valence electrons. The molecular weight excluding hydrogens is 288 g/mol. The summed E-state index contributed by atoms with van der Waals surface area (Å²) in [5.41, 5.74) is 7.21. The molecule has 0 bridgehead atoms. The predicted octanol–water partition coefficient (Wildman–Crippen LogP) is 1.40. The van der Waals surface area contributed by atoms with E-state index >= 15 is 0 Å². The summed E-state index contributed by atoms with van der Waals surface area (Å²) in [6, 6.07) is 13.1. The Morgan fingerprint density at radius 3 is 2.14 bits per heavy atom. The molecule has 0 heterocycles. The molecule has 0 radical (unpaired) electrons. The third kappa shape index (κ3) is 2.93. The highest BCUT2D eigenvalue weighted by molar-refractivity contribution is 7.92. The molecule has 0 saturated carbocycles. The number of anilines is 3. The fourth-order valence-electron chi connectivity index (χ4n) is 1.97. The number of sulfonamides is 1. The van der Waals surface area contributed by atoms with Crippen molar-refractivity contribution in [2.45, 2.75) is 4.90 Å². The van der Waals surface area contributed by atoms with Crippen molar-refractivity contribution < 1.29 is 8.42 Å². The van der Waals surface area contributed by atoms with Crippen molar-refractivity contribution in [3.8, 4) is 0 Å². The summed E-state index contributed by atoms with van der Waals surface area (Å²) >= 11 is 0. The van der Waals surface area contributed by atoms with E-state index in [1.165, 1.54) is 16.4 Å². The van der Waals surface area contributed by atoms with Crippen molar-refractivity contribution in [2.75, 3.05) is 29.1 Å². The minimum absolute atomic E-state index is 0.209. The molecule has 0 aliphatic heterocycles. The summed E-state index contributed by atoms with van der Waals surface area (Å²) in [6.07, 6.45) is 0. The molecule has 0 spiro atoms. The van der Waals surface area contributed by atoms with Crippen LogP contribution in [0.1, 0.15) is 0 Å². The highest BCUT2D eigenvalue weighted by Crippen LogP contribution is 2.32. The SMILES string of the molecule is CN(N)c1ccc(N)cc1N(C)S(=O)(=O)c1ccccc1. The summed E-state index contributed by atoms with van der Waals surface area (Å²) in [6.45, 7) is 0. The van der Waals surface area contributed by atoms with Gasteiger partial charge in [0, 0.05) is 19.8 Å². The van der Waals surface area contributed by atoms with E-state index in [2.05, 4.69) is 0 Å². The van der Waals surface area contributed by atoms with Crippen LogP contribution in [-0.4, -0.2) is 22.5 Å². The smallest absolute Gasteiger partial charge is 0.264 e. The van der Waals surface area contributed by atoms with Gasteiger partial charge in [0.1, 0.15) is 0 Å². The number of hydrazine groups is 1. The van der Waals surface area contributed by atoms with E-state index in [0.717, 1.165) is 0 Å². The molecule has 21 heavy (non-hydrogen) atoms. The number of rotatable bonds is 4. The molecule has 0 aliphatic carbocycles. The molecule has 0 aliphatic rings. The Labute approximate surface area is 124 Å². The number of hydrogen-bond donors (Lipinski definition) is 2. The summed E-state index contributed by atoms with van der Waals surface area (Å²) in [4.78, 5) is 0.209. The molecule has 4 N–H and O–H groups in total. The molecule has 2 aromatic rings. The Bertz CT molecular complexity index is 730. The van der Waals surface area contributed by atoms with Crippen molar-refractivity contribution in [3.63, 3.8) is 0 Å². The van der Waals surface area contributed by atoms with Crippen molar-refractivity contribution in [2.24, 2.45) is 5.84 Å². The fraction of sp³-hybridized carbons (Fsp3) is 0.143. The van der Waals surface area contributed by atoms with Crippen molar-refractivity contribution in [3.05, 3.63) is 48.5 Å². The van der Waals surface area contributed by atoms with E-state index in [1.807, 2.05) is 0 Å². The van der Waals surface area contributed by atoms with Crippen LogP contribution in [-0.2, 0) is 10.0 Å². The van der Waals surface area contributed by atoms with Gasteiger partial charge in [-0.3, -0.25) is 4.31 Å². The minimum atomic E-state index is -3.67. The first-order valence-electron chi connectivity index (χ1n) is 6.26. The second-order valence-electron chi connectivity index (χ2n) is 4.64.